The summed E-state index contributed by atoms with van der Waals surface area (Å²) in [6, 6.07) is 15.2. The Kier molecular flexibility index (Phi) is 5.82. The maximum atomic E-state index is 12.4. The molecule has 0 saturated heterocycles. The SMILES string of the molecule is CC(OC(=O)Nc1ccncc1C#Cc1cc2sc(C3(C(=O)O)CC3)cc2s1)c1ccccc1. The van der Waals surface area contributed by atoms with Crippen LogP contribution >= 0.6 is 22.7 Å². The fraction of sp³-hybridized carbons (Fsp3) is 0.192. The number of amides is 1. The quantitative estimate of drug-likeness (QED) is 0.327. The van der Waals surface area contributed by atoms with E-state index >= 15 is 0 Å². The van der Waals surface area contributed by atoms with Crippen molar-refractivity contribution in [3.05, 3.63) is 81.8 Å². The number of hydrogen-bond acceptors (Lipinski definition) is 6. The number of ether oxygens (including phenoxy) is 1. The van der Waals surface area contributed by atoms with E-state index in [4.69, 9.17) is 4.74 Å². The minimum absolute atomic E-state index is 0.391. The molecule has 0 radical (unpaired) electrons. The maximum Gasteiger partial charge on any atom is 0.412 e. The van der Waals surface area contributed by atoms with Crippen LogP contribution in [-0.4, -0.2) is 22.2 Å². The van der Waals surface area contributed by atoms with Crippen molar-refractivity contribution in [1.82, 2.24) is 4.98 Å². The van der Waals surface area contributed by atoms with E-state index in [-0.39, 0.29) is 0 Å². The molecule has 6 nitrogen and oxygen atoms in total. The smallest absolute Gasteiger partial charge is 0.412 e. The highest BCUT2D eigenvalue weighted by atomic mass is 32.1. The number of anilines is 1. The topological polar surface area (TPSA) is 88.5 Å². The number of aromatic nitrogens is 1. The molecule has 2 N–H and O–H groups in total. The van der Waals surface area contributed by atoms with Gasteiger partial charge in [-0.1, -0.05) is 42.2 Å². The van der Waals surface area contributed by atoms with E-state index in [1.165, 1.54) is 22.7 Å². The molecule has 8 heteroatoms. The van der Waals surface area contributed by atoms with Gasteiger partial charge in [0.05, 0.1) is 16.1 Å². The first-order valence-corrected chi connectivity index (χ1v) is 12.3. The molecule has 1 unspecified atom stereocenters. The third-order valence-electron chi connectivity index (χ3n) is 5.77. The molecule has 1 amide bonds. The molecule has 5 rings (SSSR count). The van der Waals surface area contributed by atoms with Crippen molar-refractivity contribution in [3.8, 4) is 11.8 Å². The Bertz CT molecular complexity index is 1410. The number of aliphatic carboxylic acids is 1. The first-order chi connectivity index (χ1) is 16.4. The number of nitrogens with zero attached hydrogens (tertiary/aromatic N) is 1. The zero-order chi connectivity index (χ0) is 23.7. The van der Waals surface area contributed by atoms with Gasteiger partial charge in [0.1, 0.15) is 11.5 Å². The third-order valence-corrected chi connectivity index (χ3v) is 8.18. The lowest BCUT2D eigenvalue weighted by Gasteiger charge is -2.14. The zero-order valence-electron chi connectivity index (χ0n) is 18.2. The van der Waals surface area contributed by atoms with E-state index in [2.05, 4.69) is 22.1 Å². The molecule has 34 heavy (non-hydrogen) atoms. The highest BCUT2D eigenvalue weighted by Gasteiger charge is 2.53. The van der Waals surface area contributed by atoms with Gasteiger partial charge >= 0.3 is 12.1 Å². The molecule has 1 saturated carbocycles. The highest BCUT2D eigenvalue weighted by Crippen LogP contribution is 2.52. The molecular weight excluding hydrogens is 468 g/mol. The number of nitrogens with one attached hydrogen (secondary N) is 1. The standard InChI is InChI=1S/C26H20N2O4S2/c1-16(17-5-3-2-4-6-17)32-25(31)28-20-9-12-27-15-18(20)7-8-19-13-21-22(33-19)14-23(34-21)26(10-11-26)24(29)30/h2-6,9,12-16H,10-11H2,1H3,(H,29,30)(H,27,28,31). The number of pyridine rings is 1. The number of thiophene rings is 2. The Morgan fingerprint density at radius 1 is 1.12 bits per heavy atom. The molecule has 0 spiro atoms. The molecule has 170 valence electrons. The summed E-state index contributed by atoms with van der Waals surface area (Å²) >= 11 is 3.06. The van der Waals surface area contributed by atoms with Crippen LogP contribution < -0.4 is 5.32 Å². The van der Waals surface area contributed by atoms with Gasteiger partial charge in [0.25, 0.3) is 0 Å². The third kappa shape index (κ3) is 4.40. The Morgan fingerprint density at radius 3 is 2.59 bits per heavy atom. The van der Waals surface area contributed by atoms with Crippen LogP contribution in [0.5, 0.6) is 0 Å². The summed E-state index contributed by atoms with van der Waals surface area (Å²) in [7, 11) is 0. The summed E-state index contributed by atoms with van der Waals surface area (Å²) in [6.07, 6.45) is 3.62. The Balaban J connectivity index is 1.30. The normalized spacial score (nSPS) is 14.6. The van der Waals surface area contributed by atoms with Gasteiger partial charge in [-0.05, 0) is 43.5 Å². The maximum absolute atomic E-state index is 12.4. The molecule has 4 aromatic rings. The van der Waals surface area contributed by atoms with Crippen LogP contribution in [0, 0.1) is 11.8 Å². The molecular formula is C26H20N2O4S2. The van der Waals surface area contributed by atoms with Crippen LogP contribution in [0.3, 0.4) is 0 Å². The van der Waals surface area contributed by atoms with Crippen molar-refractivity contribution in [2.75, 3.05) is 5.32 Å². The van der Waals surface area contributed by atoms with Gasteiger partial charge in [-0.2, -0.15) is 0 Å². The average molecular weight is 489 g/mol. The van der Waals surface area contributed by atoms with Crippen LogP contribution in [0.4, 0.5) is 10.5 Å². The Hall–Kier alpha value is -3.67. The average Bonchev–Trinajstić information content (AvgIpc) is 3.42. The second-order valence-corrected chi connectivity index (χ2v) is 10.3. The first-order valence-electron chi connectivity index (χ1n) is 10.7. The van der Waals surface area contributed by atoms with Gasteiger partial charge in [-0.15, -0.1) is 22.7 Å². The number of carboxylic acids is 1. The van der Waals surface area contributed by atoms with Crippen molar-refractivity contribution < 1.29 is 19.4 Å². The molecule has 3 heterocycles. The van der Waals surface area contributed by atoms with Crippen molar-refractivity contribution in [1.29, 1.82) is 0 Å². The van der Waals surface area contributed by atoms with E-state index in [0.717, 1.165) is 24.7 Å². The largest absolute Gasteiger partial charge is 0.481 e. The van der Waals surface area contributed by atoms with E-state index in [1.807, 2.05) is 49.4 Å². The van der Waals surface area contributed by atoms with Crippen LogP contribution in [0.1, 0.15) is 46.8 Å². The van der Waals surface area contributed by atoms with Crippen LogP contribution in [0.2, 0.25) is 0 Å². The molecule has 3 aromatic heterocycles. The summed E-state index contributed by atoms with van der Waals surface area (Å²) < 4.78 is 7.57. The lowest BCUT2D eigenvalue weighted by molar-refractivity contribution is -0.139. The summed E-state index contributed by atoms with van der Waals surface area (Å²) in [6.45, 7) is 1.82. The number of carbonyl (C=O) groups excluding carboxylic acids is 1. The van der Waals surface area contributed by atoms with Gasteiger partial charge in [-0.3, -0.25) is 15.1 Å². The highest BCUT2D eigenvalue weighted by molar-refractivity contribution is 7.28. The predicted octanol–water partition coefficient (Wildman–Crippen LogP) is 6.18. The van der Waals surface area contributed by atoms with Gasteiger partial charge in [0.2, 0.25) is 0 Å². The number of hydrogen-bond donors (Lipinski definition) is 2. The monoisotopic (exact) mass is 488 g/mol. The second kappa shape index (κ2) is 8.93. The van der Waals surface area contributed by atoms with Gasteiger partial charge in [0.15, 0.2) is 0 Å². The van der Waals surface area contributed by atoms with Crippen molar-refractivity contribution in [2.24, 2.45) is 0 Å². The zero-order valence-corrected chi connectivity index (χ0v) is 19.8. The molecule has 1 atom stereocenters. The molecule has 1 aliphatic rings. The lowest BCUT2D eigenvalue weighted by Crippen LogP contribution is -2.17. The van der Waals surface area contributed by atoms with Gasteiger partial charge in [-0.25, -0.2) is 4.79 Å². The van der Waals surface area contributed by atoms with E-state index in [1.54, 1.807) is 18.5 Å². The second-order valence-electron chi connectivity index (χ2n) is 8.09. The number of carboxylic acid groups (broad SMARTS) is 1. The predicted molar refractivity (Wildman–Crippen MR) is 133 cm³/mol. The molecule has 0 bridgehead atoms. The van der Waals surface area contributed by atoms with Crippen molar-refractivity contribution in [3.63, 3.8) is 0 Å². The Labute approximate surface area is 204 Å². The van der Waals surface area contributed by atoms with E-state index in [0.29, 0.717) is 24.1 Å². The van der Waals surface area contributed by atoms with Crippen molar-refractivity contribution in [2.45, 2.75) is 31.3 Å². The van der Waals surface area contributed by atoms with Gasteiger partial charge < -0.3 is 9.84 Å². The fourth-order valence-electron chi connectivity index (χ4n) is 3.65. The van der Waals surface area contributed by atoms with Crippen LogP contribution in [0.15, 0.2) is 60.9 Å². The van der Waals surface area contributed by atoms with Crippen LogP contribution in [0.25, 0.3) is 9.40 Å². The number of rotatable bonds is 5. The molecule has 1 aromatic carbocycles. The summed E-state index contributed by atoms with van der Waals surface area (Å²) in [5, 5.41) is 12.3. The minimum atomic E-state index is -0.741. The van der Waals surface area contributed by atoms with Crippen LogP contribution in [-0.2, 0) is 14.9 Å². The molecule has 0 aliphatic heterocycles. The summed E-state index contributed by atoms with van der Waals surface area (Å²) in [4.78, 5) is 29.9. The lowest BCUT2D eigenvalue weighted by atomic mass is 10.1. The Morgan fingerprint density at radius 2 is 1.88 bits per heavy atom. The molecule has 1 aliphatic carbocycles. The fourth-order valence-corrected chi connectivity index (χ4v) is 6.14. The van der Waals surface area contributed by atoms with Crippen molar-refractivity contribution >= 4 is 49.8 Å². The summed E-state index contributed by atoms with van der Waals surface area (Å²) in [5.41, 5.74) is 1.32. The van der Waals surface area contributed by atoms with E-state index in [9.17, 15) is 14.7 Å². The number of benzene rings is 1. The van der Waals surface area contributed by atoms with E-state index < -0.39 is 23.6 Å². The van der Waals surface area contributed by atoms with Gasteiger partial charge in [0, 0.05) is 26.7 Å². The number of fused-ring (bicyclic) bond motifs is 1. The number of carbonyl (C=O) groups is 2. The summed E-state index contributed by atoms with van der Waals surface area (Å²) in [5.74, 6) is 5.48. The molecule has 1 fully saturated rings. The minimum Gasteiger partial charge on any atom is -0.481 e. The first kappa shape index (κ1) is 22.1.